The molecule has 0 atom stereocenters. The molecule has 0 aliphatic carbocycles. The second-order valence-corrected chi connectivity index (χ2v) is 2.54. The first kappa shape index (κ1) is 7.85. The summed E-state index contributed by atoms with van der Waals surface area (Å²) >= 11 is 0. The average molecular weight is 153 g/mol. The molecule has 0 aliphatic rings. The molecule has 0 fully saturated rings. The number of H-pyrrole nitrogens is 1. The van der Waals surface area contributed by atoms with Crippen LogP contribution in [0.5, 0.6) is 5.75 Å². The molecule has 1 aromatic heterocycles. The van der Waals surface area contributed by atoms with Crippen LogP contribution in [0.15, 0.2) is 6.07 Å². The largest absolute Gasteiger partial charge is 0.425 e. The fourth-order valence-corrected chi connectivity index (χ4v) is 0.959. The first-order valence-electron chi connectivity index (χ1n) is 3.44. The fourth-order valence-electron chi connectivity index (χ4n) is 0.959. The van der Waals surface area contributed by atoms with Crippen molar-refractivity contribution in [3.05, 3.63) is 17.5 Å². The van der Waals surface area contributed by atoms with E-state index in [-0.39, 0.29) is 5.97 Å². The number of hydrogen-bond donors (Lipinski definition) is 1. The maximum absolute atomic E-state index is 10.5. The van der Waals surface area contributed by atoms with E-state index < -0.39 is 0 Å². The molecule has 11 heavy (non-hydrogen) atoms. The molecule has 0 aromatic carbocycles. The smallest absolute Gasteiger partial charge is 0.308 e. The number of carbonyl (C=O) groups is 1. The van der Waals surface area contributed by atoms with Gasteiger partial charge in [-0.2, -0.15) is 0 Å². The second kappa shape index (κ2) is 2.78. The lowest BCUT2D eigenvalue weighted by Gasteiger charge is -1.96. The maximum atomic E-state index is 10.5. The minimum Gasteiger partial charge on any atom is -0.425 e. The topological polar surface area (TPSA) is 42.1 Å². The van der Waals surface area contributed by atoms with E-state index in [9.17, 15) is 4.79 Å². The molecule has 1 heterocycles. The van der Waals surface area contributed by atoms with Crippen LogP contribution in [-0.4, -0.2) is 11.0 Å². The molecule has 0 unspecified atom stereocenters. The molecule has 0 amide bonds. The highest BCUT2D eigenvalue weighted by Crippen LogP contribution is 2.17. The number of esters is 1. The first-order chi connectivity index (χ1) is 5.09. The number of aromatic amines is 1. The van der Waals surface area contributed by atoms with Crippen LogP contribution in [0.25, 0.3) is 0 Å². The van der Waals surface area contributed by atoms with Gasteiger partial charge < -0.3 is 9.72 Å². The van der Waals surface area contributed by atoms with Crippen molar-refractivity contribution < 1.29 is 9.53 Å². The fraction of sp³-hybridized carbons (Fsp3) is 0.375. The van der Waals surface area contributed by atoms with Gasteiger partial charge in [-0.3, -0.25) is 4.79 Å². The molecule has 60 valence electrons. The van der Waals surface area contributed by atoms with Crippen LogP contribution >= 0.6 is 0 Å². The van der Waals surface area contributed by atoms with Gasteiger partial charge in [-0.15, -0.1) is 0 Å². The van der Waals surface area contributed by atoms with E-state index in [1.54, 1.807) is 6.07 Å². The molecule has 0 bridgehead atoms. The summed E-state index contributed by atoms with van der Waals surface area (Å²) in [5, 5.41) is 0. The number of hydrogen-bond acceptors (Lipinski definition) is 2. The summed E-state index contributed by atoms with van der Waals surface area (Å²) in [6.07, 6.45) is 0. The third-order valence-electron chi connectivity index (χ3n) is 1.36. The van der Waals surface area contributed by atoms with Crippen LogP contribution < -0.4 is 4.74 Å². The van der Waals surface area contributed by atoms with Gasteiger partial charge in [0, 0.05) is 18.7 Å². The zero-order chi connectivity index (χ0) is 8.43. The van der Waals surface area contributed by atoms with Crippen LogP contribution in [0.1, 0.15) is 18.3 Å². The Kier molecular flexibility index (Phi) is 1.98. The summed E-state index contributed by atoms with van der Waals surface area (Å²) in [5.41, 5.74) is 1.89. The number of aromatic nitrogens is 1. The molecule has 0 radical (unpaired) electrons. The zero-order valence-corrected chi connectivity index (χ0v) is 6.89. The third kappa shape index (κ3) is 1.83. The Morgan fingerprint density at radius 1 is 1.55 bits per heavy atom. The minimum atomic E-state index is -0.285. The quantitative estimate of drug-likeness (QED) is 0.622. The third-order valence-corrected chi connectivity index (χ3v) is 1.36. The molecule has 3 heteroatoms. The molecule has 3 nitrogen and oxygen atoms in total. The van der Waals surface area contributed by atoms with Crippen molar-refractivity contribution in [1.29, 1.82) is 0 Å². The number of rotatable bonds is 1. The molecule has 1 N–H and O–H groups in total. The van der Waals surface area contributed by atoms with E-state index in [0.29, 0.717) is 5.75 Å². The van der Waals surface area contributed by atoms with Gasteiger partial charge in [0.15, 0.2) is 5.75 Å². The van der Waals surface area contributed by atoms with E-state index in [2.05, 4.69) is 4.98 Å². The van der Waals surface area contributed by atoms with Crippen molar-refractivity contribution in [3.63, 3.8) is 0 Å². The lowest BCUT2D eigenvalue weighted by Crippen LogP contribution is -2.01. The summed E-state index contributed by atoms with van der Waals surface area (Å²) in [7, 11) is 0. The van der Waals surface area contributed by atoms with Crippen LogP contribution in [0, 0.1) is 13.8 Å². The van der Waals surface area contributed by atoms with Crippen LogP contribution in [0.2, 0.25) is 0 Å². The van der Waals surface area contributed by atoms with Crippen molar-refractivity contribution in [2.45, 2.75) is 20.8 Å². The van der Waals surface area contributed by atoms with Crippen LogP contribution in [0.4, 0.5) is 0 Å². The highest BCUT2D eigenvalue weighted by atomic mass is 16.5. The molecule has 0 aliphatic heterocycles. The maximum Gasteiger partial charge on any atom is 0.308 e. The highest BCUT2D eigenvalue weighted by Gasteiger charge is 2.04. The molecule has 0 saturated heterocycles. The highest BCUT2D eigenvalue weighted by molar-refractivity contribution is 5.69. The van der Waals surface area contributed by atoms with Crippen molar-refractivity contribution in [1.82, 2.24) is 4.98 Å². The van der Waals surface area contributed by atoms with Gasteiger partial charge in [-0.25, -0.2) is 0 Å². The summed E-state index contributed by atoms with van der Waals surface area (Å²) in [5.74, 6) is 0.335. The number of carbonyl (C=O) groups excluding carboxylic acids is 1. The van der Waals surface area contributed by atoms with Gasteiger partial charge in [-0.1, -0.05) is 0 Å². The van der Waals surface area contributed by atoms with Gasteiger partial charge in [0.05, 0.1) is 5.69 Å². The Bertz CT molecular complexity index is 276. The Hall–Kier alpha value is -1.25. The predicted molar refractivity (Wildman–Crippen MR) is 41.6 cm³/mol. The zero-order valence-electron chi connectivity index (χ0n) is 6.89. The van der Waals surface area contributed by atoms with Crippen molar-refractivity contribution >= 4 is 5.97 Å². The Balaban J connectivity index is 2.85. The van der Waals surface area contributed by atoms with E-state index in [1.807, 2.05) is 13.8 Å². The normalized spacial score (nSPS) is 9.73. The molecule has 1 aromatic rings. The van der Waals surface area contributed by atoms with E-state index in [4.69, 9.17) is 4.74 Å². The average Bonchev–Trinajstić information content (AvgIpc) is 2.09. The molecule has 0 spiro atoms. The lowest BCUT2D eigenvalue weighted by atomic mass is 10.4. The molecule has 0 saturated carbocycles. The monoisotopic (exact) mass is 153 g/mol. The molecule has 1 rings (SSSR count). The summed E-state index contributed by atoms with van der Waals surface area (Å²) < 4.78 is 4.90. The van der Waals surface area contributed by atoms with Crippen LogP contribution in [0.3, 0.4) is 0 Å². The van der Waals surface area contributed by atoms with Crippen molar-refractivity contribution in [2.24, 2.45) is 0 Å². The SMILES string of the molecule is CC(=O)Oc1cc(C)[nH]c1C. The van der Waals surface area contributed by atoms with Crippen molar-refractivity contribution in [2.75, 3.05) is 0 Å². The van der Waals surface area contributed by atoms with Gasteiger partial charge in [-0.05, 0) is 13.8 Å². The van der Waals surface area contributed by atoms with E-state index in [1.165, 1.54) is 6.92 Å². The Morgan fingerprint density at radius 2 is 2.18 bits per heavy atom. The Labute approximate surface area is 65.4 Å². The predicted octanol–water partition coefficient (Wildman–Crippen LogP) is 1.56. The molecular formula is C8H11NO2. The van der Waals surface area contributed by atoms with Gasteiger partial charge >= 0.3 is 5.97 Å². The summed E-state index contributed by atoms with van der Waals surface area (Å²) in [4.78, 5) is 13.6. The number of ether oxygens (including phenoxy) is 1. The standard InChI is InChI=1S/C8H11NO2/c1-5-4-8(6(2)9-5)11-7(3)10/h4,9H,1-3H3. The number of nitrogens with one attached hydrogen (secondary N) is 1. The Morgan fingerprint density at radius 3 is 2.55 bits per heavy atom. The second-order valence-electron chi connectivity index (χ2n) is 2.54. The van der Waals surface area contributed by atoms with Crippen molar-refractivity contribution in [3.8, 4) is 5.75 Å². The summed E-state index contributed by atoms with van der Waals surface area (Å²) in [6, 6.07) is 1.80. The first-order valence-corrected chi connectivity index (χ1v) is 3.44. The van der Waals surface area contributed by atoms with Gasteiger partial charge in [0.2, 0.25) is 0 Å². The number of aryl methyl sites for hydroxylation is 2. The van der Waals surface area contributed by atoms with Gasteiger partial charge in [0.25, 0.3) is 0 Å². The van der Waals surface area contributed by atoms with E-state index in [0.717, 1.165) is 11.4 Å². The minimum absolute atomic E-state index is 0.285. The van der Waals surface area contributed by atoms with Gasteiger partial charge in [0.1, 0.15) is 0 Å². The van der Waals surface area contributed by atoms with Crippen LogP contribution in [-0.2, 0) is 4.79 Å². The molecular weight excluding hydrogens is 142 g/mol. The summed E-state index contributed by atoms with van der Waals surface area (Å²) in [6.45, 7) is 5.17. The lowest BCUT2D eigenvalue weighted by molar-refractivity contribution is -0.131. The van der Waals surface area contributed by atoms with E-state index >= 15 is 0 Å².